The first-order valence-corrected chi connectivity index (χ1v) is 10.8. The predicted octanol–water partition coefficient (Wildman–Crippen LogP) is 4.02. The van der Waals surface area contributed by atoms with E-state index in [2.05, 4.69) is 14.8 Å². The summed E-state index contributed by atoms with van der Waals surface area (Å²) >= 11 is 0. The second kappa shape index (κ2) is 8.30. The Balaban J connectivity index is 1.37. The first kappa shape index (κ1) is 21.6. The van der Waals surface area contributed by atoms with Crippen molar-refractivity contribution in [3.63, 3.8) is 0 Å². The van der Waals surface area contributed by atoms with Crippen LogP contribution in [0.15, 0.2) is 64.8 Å². The van der Waals surface area contributed by atoms with Crippen molar-refractivity contribution in [2.24, 2.45) is 4.99 Å². The average molecular weight is 458 g/mol. The number of amides is 1. The maximum atomic E-state index is 13.6. The number of benzene rings is 2. The van der Waals surface area contributed by atoms with Gasteiger partial charge in [-0.15, -0.1) is 0 Å². The lowest BCUT2D eigenvalue weighted by Gasteiger charge is -2.42. The molecule has 3 aliphatic heterocycles. The molecule has 0 aliphatic carbocycles. The van der Waals surface area contributed by atoms with Crippen molar-refractivity contribution < 1.29 is 22.4 Å². The molecule has 0 fully saturated rings. The van der Waals surface area contributed by atoms with Crippen LogP contribution in [0.1, 0.15) is 23.1 Å². The molecule has 2 aromatic rings. The van der Waals surface area contributed by atoms with Crippen LogP contribution in [0.3, 0.4) is 0 Å². The molecule has 3 aliphatic rings. The molecule has 0 saturated carbocycles. The molecule has 0 N–H and O–H groups in total. The van der Waals surface area contributed by atoms with E-state index in [9.17, 15) is 22.4 Å². The first-order chi connectivity index (χ1) is 15.8. The highest BCUT2D eigenvalue weighted by molar-refractivity contribution is 6.09. The lowest BCUT2D eigenvalue weighted by Crippen LogP contribution is -2.53. The van der Waals surface area contributed by atoms with Gasteiger partial charge in [0.05, 0.1) is 24.2 Å². The summed E-state index contributed by atoms with van der Waals surface area (Å²) in [5.74, 6) is 0.0989. The molecule has 9 heteroatoms. The molecule has 5 rings (SSSR count). The molecule has 0 spiro atoms. The van der Waals surface area contributed by atoms with Gasteiger partial charge in [-0.2, -0.15) is 13.2 Å². The highest BCUT2D eigenvalue weighted by Crippen LogP contribution is 2.33. The fourth-order valence-corrected chi connectivity index (χ4v) is 4.63. The van der Waals surface area contributed by atoms with Crippen LogP contribution in [0.5, 0.6) is 0 Å². The summed E-state index contributed by atoms with van der Waals surface area (Å²) in [5.41, 5.74) is 2.36. The van der Waals surface area contributed by atoms with Crippen LogP contribution >= 0.6 is 0 Å². The van der Waals surface area contributed by atoms with Crippen molar-refractivity contribution in [3.8, 4) is 0 Å². The van der Waals surface area contributed by atoms with E-state index in [4.69, 9.17) is 0 Å². The van der Waals surface area contributed by atoms with E-state index in [0.717, 1.165) is 29.9 Å². The topological polar surface area (TPSA) is 39.2 Å². The third-order valence-electron chi connectivity index (χ3n) is 6.20. The van der Waals surface area contributed by atoms with Gasteiger partial charge in [-0.3, -0.25) is 19.6 Å². The Morgan fingerprint density at radius 2 is 1.76 bits per heavy atom. The number of aliphatic imine (C=N–C) groups is 1. The molecule has 33 heavy (non-hydrogen) atoms. The molecule has 2 aromatic carbocycles. The second-order valence-corrected chi connectivity index (χ2v) is 8.44. The fourth-order valence-electron chi connectivity index (χ4n) is 4.63. The monoisotopic (exact) mass is 458 g/mol. The Kier molecular flexibility index (Phi) is 5.44. The van der Waals surface area contributed by atoms with E-state index in [1.54, 1.807) is 11.0 Å². The molecule has 0 unspecified atom stereocenters. The summed E-state index contributed by atoms with van der Waals surface area (Å²) in [6.45, 7) is 3.09. The predicted molar refractivity (Wildman–Crippen MR) is 114 cm³/mol. The summed E-state index contributed by atoms with van der Waals surface area (Å²) in [5, 5.41) is 0. The summed E-state index contributed by atoms with van der Waals surface area (Å²) in [4.78, 5) is 23.7. The Hall–Kier alpha value is -3.20. The molecule has 0 bridgehead atoms. The van der Waals surface area contributed by atoms with Crippen LogP contribution in [-0.2, 0) is 24.1 Å². The van der Waals surface area contributed by atoms with Gasteiger partial charge in [-0.25, -0.2) is 4.39 Å². The van der Waals surface area contributed by atoms with Crippen molar-refractivity contribution in [3.05, 3.63) is 82.3 Å². The van der Waals surface area contributed by atoms with Crippen LogP contribution in [0.2, 0.25) is 0 Å². The third-order valence-corrected chi connectivity index (χ3v) is 6.20. The second-order valence-electron chi connectivity index (χ2n) is 8.44. The molecule has 0 atom stereocenters. The quantitative estimate of drug-likeness (QED) is 0.650. The van der Waals surface area contributed by atoms with Gasteiger partial charge in [-0.05, 0) is 35.4 Å². The molecule has 172 valence electrons. The fraction of sp³-hybridized carbons (Fsp3) is 0.333. The van der Waals surface area contributed by atoms with Crippen LogP contribution in [-0.4, -0.2) is 52.7 Å². The van der Waals surface area contributed by atoms with Gasteiger partial charge in [0.2, 0.25) is 5.96 Å². The van der Waals surface area contributed by atoms with E-state index in [-0.39, 0.29) is 18.3 Å². The number of hydrogen-bond acceptors (Lipinski definition) is 4. The van der Waals surface area contributed by atoms with Crippen molar-refractivity contribution in [2.75, 3.05) is 26.2 Å². The number of guanidine groups is 1. The van der Waals surface area contributed by atoms with E-state index in [0.29, 0.717) is 49.7 Å². The summed E-state index contributed by atoms with van der Waals surface area (Å²) < 4.78 is 52.3. The van der Waals surface area contributed by atoms with Crippen LogP contribution in [0, 0.1) is 5.82 Å². The number of carbonyl (C=O) groups excluding carboxylic acids is 1. The Morgan fingerprint density at radius 3 is 2.48 bits per heavy atom. The molecule has 1 amide bonds. The van der Waals surface area contributed by atoms with Gasteiger partial charge in [0.15, 0.2) is 0 Å². The smallest absolute Gasteiger partial charge is 0.314 e. The maximum Gasteiger partial charge on any atom is 0.416 e. The lowest BCUT2D eigenvalue weighted by molar-refractivity contribution is -0.137. The van der Waals surface area contributed by atoms with Gasteiger partial charge in [0.1, 0.15) is 5.82 Å². The number of carbonyl (C=O) groups is 1. The maximum absolute atomic E-state index is 13.6. The number of nitrogens with zero attached hydrogens (tertiary/aromatic N) is 4. The van der Waals surface area contributed by atoms with Crippen molar-refractivity contribution in [1.82, 2.24) is 14.7 Å². The Morgan fingerprint density at radius 1 is 0.970 bits per heavy atom. The minimum Gasteiger partial charge on any atom is -0.314 e. The van der Waals surface area contributed by atoms with Gasteiger partial charge >= 0.3 is 6.18 Å². The molecule has 3 heterocycles. The molecule has 0 aromatic heterocycles. The number of fused-ring (bicyclic) bond motifs is 2. The van der Waals surface area contributed by atoms with Crippen molar-refractivity contribution in [1.29, 1.82) is 0 Å². The average Bonchev–Trinajstić information content (AvgIpc) is 3.26. The number of rotatable bonds is 4. The summed E-state index contributed by atoms with van der Waals surface area (Å²) in [7, 11) is 0. The minimum absolute atomic E-state index is 0.146. The van der Waals surface area contributed by atoms with Gasteiger partial charge in [0.25, 0.3) is 5.91 Å². The van der Waals surface area contributed by atoms with E-state index in [1.165, 1.54) is 24.3 Å². The largest absolute Gasteiger partial charge is 0.416 e. The van der Waals surface area contributed by atoms with Crippen LogP contribution in [0.4, 0.5) is 17.6 Å². The number of alkyl halides is 3. The first-order valence-electron chi connectivity index (χ1n) is 10.8. The van der Waals surface area contributed by atoms with Crippen LogP contribution < -0.4 is 0 Å². The zero-order chi connectivity index (χ0) is 23.2. The summed E-state index contributed by atoms with van der Waals surface area (Å²) in [6, 6.07) is 11.3. The normalized spacial score (nSPS) is 19.0. The molecule has 0 radical (unpaired) electrons. The van der Waals surface area contributed by atoms with E-state index >= 15 is 0 Å². The zero-order valence-electron chi connectivity index (χ0n) is 17.8. The highest BCUT2D eigenvalue weighted by Gasteiger charge is 2.41. The third kappa shape index (κ3) is 4.25. The van der Waals surface area contributed by atoms with Gasteiger partial charge < -0.3 is 4.90 Å². The summed E-state index contributed by atoms with van der Waals surface area (Å²) in [6.07, 6.45) is -3.72. The zero-order valence-corrected chi connectivity index (χ0v) is 17.8. The van der Waals surface area contributed by atoms with Crippen LogP contribution in [0.25, 0.3) is 0 Å². The SMILES string of the molecule is O=C1C2=C(CCN(Cc3cccc(F)c3)C2)N2CCN=C2N1Cc1ccc(C(F)(F)F)cc1. The number of halogens is 4. The molecular formula is C24H22F4N4O. The van der Waals surface area contributed by atoms with Gasteiger partial charge in [-0.1, -0.05) is 24.3 Å². The lowest BCUT2D eigenvalue weighted by atomic mass is 10.00. The molecule has 0 saturated heterocycles. The van der Waals surface area contributed by atoms with Crippen molar-refractivity contribution >= 4 is 11.9 Å². The number of hydrogen-bond donors (Lipinski definition) is 0. The standard InChI is InChI=1S/C24H22F4N4O/c25-19-3-1-2-17(12-19)13-30-10-8-21-20(15-30)22(33)32(23-29-9-11-31(21)23)14-16-4-6-18(7-5-16)24(26,27)28/h1-7,12H,8-11,13-15H2. The Bertz CT molecular complexity index is 1140. The highest BCUT2D eigenvalue weighted by atomic mass is 19.4. The van der Waals surface area contributed by atoms with E-state index < -0.39 is 11.7 Å². The molecule has 5 nitrogen and oxygen atoms in total. The Labute approximate surface area is 188 Å². The molecular weight excluding hydrogens is 436 g/mol. The minimum atomic E-state index is -4.40. The van der Waals surface area contributed by atoms with Gasteiger partial charge in [0, 0.05) is 38.3 Å². The van der Waals surface area contributed by atoms with E-state index in [1.807, 2.05) is 6.07 Å². The van der Waals surface area contributed by atoms with Crippen molar-refractivity contribution in [2.45, 2.75) is 25.7 Å².